The van der Waals surface area contributed by atoms with Crippen LogP contribution >= 0.6 is 0 Å². The van der Waals surface area contributed by atoms with Crippen LogP contribution in [0.25, 0.3) is 45.7 Å². The van der Waals surface area contributed by atoms with Gasteiger partial charge in [-0.1, -0.05) is 92.8 Å². The number of carbonyl (C=O) groups excluding carboxylic acids is 1. The number of halogens is 1. The Morgan fingerprint density at radius 3 is 1.60 bits per heavy atom. The third-order valence-corrected chi connectivity index (χ3v) is 9.09. The quantitative estimate of drug-likeness (QED) is 0.0336. The fourth-order valence-electron chi connectivity index (χ4n) is 5.50. The molecule has 0 fully saturated rings. The van der Waals surface area contributed by atoms with E-state index < -0.39 is 5.95 Å². The van der Waals surface area contributed by atoms with E-state index in [1.807, 2.05) is 120 Å². The molecule has 0 spiro atoms. The highest BCUT2D eigenvalue weighted by molar-refractivity contribution is 5.96. The van der Waals surface area contributed by atoms with Crippen molar-refractivity contribution in [3.8, 4) is 63.3 Å². The van der Waals surface area contributed by atoms with Crippen LogP contribution in [-0.4, -0.2) is 57.9 Å². The van der Waals surface area contributed by atoms with Crippen molar-refractivity contribution in [1.29, 1.82) is 5.26 Å². The molecule has 0 atom stereocenters. The molecule has 0 radical (unpaired) electrons. The van der Waals surface area contributed by atoms with Crippen molar-refractivity contribution in [2.75, 3.05) is 0 Å². The summed E-state index contributed by atoms with van der Waals surface area (Å²) in [5.74, 6) is 1.92. The number of phenolic OH excluding ortho intramolecular Hbond substituents is 1. The molecule has 0 aliphatic carbocycles. The van der Waals surface area contributed by atoms with Crippen molar-refractivity contribution in [3.63, 3.8) is 0 Å². The summed E-state index contributed by atoms with van der Waals surface area (Å²) in [6.07, 6.45) is 4.66. The first-order valence-corrected chi connectivity index (χ1v) is 20.5. The number of oxime groups is 1. The molecule has 9 aromatic rings. The van der Waals surface area contributed by atoms with E-state index in [0.29, 0.717) is 40.9 Å². The molecule has 0 aliphatic heterocycles. The summed E-state index contributed by atoms with van der Waals surface area (Å²) < 4.78 is 27.9. The van der Waals surface area contributed by atoms with E-state index in [-0.39, 0.29) is 17.5 Å². The maximum Gasteiger partial charge on any atom is 0.298 e. The van der Waals surface area contributed by atoms with E-state index in [1.165, 1.54) is 35.5 Å². The molecule has 0 bridgehead atoms. The number of hydrogen-bond donors (Lipinski definition) is 3. The first-order chi connectivity index (χ1) is 32.8. The fourth-order valence-corrected chi connectivity index (χ4v) is 5.50. The van der Waals surface area contributed by atoms with Crippen LogP contribution in [0.15, 0.2) is 166 Å². The Labute approximate surface area is 390 Å². The number of phenols is 1. The Morgan fingerprint density at radius 1 is 0.647 bits per heavy atom. The summed E-state index contributed by atoms with van der Waals surface area (Å²) in [6.45, 7) is 10.2. The third kappa shape index (κ3) is 15.7. The largest absolute Gasteiger partial charge is 0.508 e. The Morgan fingerprint density at radius 2 is 1.12 bits per heavy atom. The standard InChI is InChI=1S/C15H13N3O.C13H8FN3O2.C8H10N2O.C8H7N.C7H7NO2/c1-10-3-5-12(6-4-10)14-17-15(19-18-14)13-7-8-16-11(2)9-13;14-11-7-9(5-6-15-11)13-16-12(17-19-13)8-1-3-10(18)4-2-8;1-6-2-4-7(5-3-6)8(9)10-11;1-7-2-4-8(6-9)5-3-7;1-6-4-7(10-5-9)2-3-8-6/h3-9H,1-2H3;1-7,18H;2-5,11H,1H3,(H2,9,10);2-5H,1H3;2-5H,1H3/i;14-1;;;. The molecule has 0 saturated heterocycles. The summed E-state index contributed by atoms with van der Waals surface area (Å²) in [5.41, 5.74) is 15.1. The molecule has 0 aliphatic rings. The van der Waals surface area contributed by atoms with Gasteiger partial charge in [0.15, 0.2) is 5.84 Å². The van der Waals surface area contributed by atoms with Gasteiger partial charge in [-0.05, 0) is 95.3 Å². The van der Waals surface area contributed by atoms with Crippen LogP contribution in [0.5, 0.6) is 11.5 Å². The van der Waals surface area contributed by atoms with E-state index in [0.717, 1.165) is 39.2 Å². The normalized spacial score (nSPS) is 10.2. The molecule has 5 aromatic heterocycles. The van der Waals surface area contributed by atoms with Gasteiger partial charge in [-0.3, -0.25) is 14.8 Å². The lowest BCUT2D eigenvalue weighted by Crippen LogP contribution is -2.12. The lowest BCUT2D eigenvalue weighted by atomic mass is 10.1. The van der Waals surface area contributed by atoms with Gasteiger partial charge in [-0.25, -0.2) is 4.98 Å². The van der Waals surface area contributed by atoms with Crippen molar-refractivity contribution in [1.82, 2.24) is 35.2 Å². The van der Waals surface area contributed by atoms with Crippen molar-refractivity contribution >= 4 is 12.3 Å². The van der Waals surface area contributed by atoms with Crippen molar-refractivity contribution in [3.05, 3.63) is 197 Å². The molecule has 4 aromatic carbocycles. The van der Waals surface area contributed by atoms with Crippen LogP contribution in [0.3, 0.4) is 0 Å². The zero-order chi connectivity index (χ0) is 48.8. The van der Waals surface area contributed by atoms with Gasteiger partial charge in [0.05, 0.1) is 11.6 Å². The number of aromatic hydroxyl groups is 1. The van der Waals surface area contributed by atoms with E-state index in [9.17, 15) is 14.3 Å². The van der Waals surface area contributed by atoms with Gasteiger partial charge in [0, 0.05) is 69.9 Å². The fraction of sp³-hybridized carbons (Fsp3) is 0.0980. The molecular weight excluding hydrogens is 867 g/mol. The van der Waals surface area contributed by atoms with Crippen molar-refractivity contribution < 1.29 is 33.3 Å². The Bertz CT molecular complexity index is 2940. The molecule has 17 heteroatoms. The first kappa shape index (κ1) is 49.6. The monoisotopic (exact) mass is 911 g/mol. The summed E-state index contributed by atoms with van der Waals surface area (Å²) in [7, 11) is 0. The topological polar surface area (TPSA) is 245 Å². The van der Waals surface area contributed by atoms with Crippen LogP contribution in [0.1, 0.15) is 39.2 Å². The second-order valence-electron chi connectivity index (χ2n) is 14.5. The van der Waals surface area contributed by atoms with Gasteiger partial charge in [-0.2, -0.15) is 19.6 Å². The van der Waals surface area contributed by atoms with Gasteiger partial charge >= 0.3 is 0 Å². The smallest absolute Gasteiger partial charge is 0.298 e. The Hall–Kier alpha value is -9.43. The number of benzene rings is 4. The number of ether oxygens (including phenoxy) is 1. The zero-order valence-corrected chi connectivity index (χ0v) is 37.5. The number of nitrogens with two attached hydrogens (primary N) is 1. The number of rotatable bonds is 7. The minimum Gasteiger partial charge on any atom is -0.508 e. The van der Waals surface area contributed by atoms with Gasteiger partial charge in [-0.15, -0.1) is 0 Å². The van der Waals surface area contributed by atoms with Crippen molar-refractivity contribution in [2.45, 2.75) is 34.6 Å². The second-order valence-corrected chi connectivity index (χ2v) is 14.5. The van der Waals surface area contributed by atoms with E-state index in [1.54, 1.807) is 42.7 Å². The number of pyridine rings is 3. The highest BCUT2D eigenvalue weighted by atomic mass is 18.2. The molecule has 0 saturated carbocycles. The lowest BCUT2D eigenvalue weighted by molar-refractivity contribution is -0.120. The summed E-state index contributed by atoms with van der Waals surface area (Å²) in [6, 6.07) is 41.3. The van der Waals surface area contributed by atoms with E-state index >= 15 is 0 Å². The predicted octanol–water partition coefficient (Wildman–Crippen LogP) is 9.94. The molecule has 68 heavy (non-hydrogen) atoms. The van der Waals surface area contributed by atoms with Crippen LogP contribution in [0.4, 0.5) is 4.39 Å². The molecule has 342 valence electrons. The molecule has 5 heterocycles. The lowest BCUT2D eigenvalue weighted by Gasteiger charge is -1.97. The van der Waals surface area contributed by atoms with Gasteiger partial charge in [0.1, 0.15) is 11.5 Å². The minimum atomic E-state index is -0.609. The van der Waals surface area contributed by atoms with Crippen LogP contribution in [0, 0.1) is 51.9 Å². The number of carbonyl (C=O) groups is 1. The number of amidine groups is 1. The van der Waals surface area contributed by atoms with Gasteiger partial charge < -0.3 is 29.8 Å². The number of nitrogens with zero attached hydrogens (tertiary/aromatic N) is 9. The van der Waals surface area contributed by atoms with Gasteiger partial charge in [0.2, 0.25) is 17.6 Å². The maximum absolute atomic E-state index is 13.0. The first-order valence-electron chi connectivity index (χ1n) is 20.5. The number of aryl methyl sites for hydroxylation is 5. The number of nitriles is 1. The average Bonchev–Trinajstić information content (AvgIpc) is 4.06. The Balaban J connectivity index is 0.000000165. The molecule has 16 nitrogen and oxygen atoms in total. The zero-order valence-electron chi connectivity index (χ0n) is 37.5. The summed E-state index contributed by atoms with van der Waals surface area (Å²) in [5, 5.41) is 36.6. The van der Waals surface area contributed by atoms with E-state index in [4.69, 9.17) is 25.2 Å². The molecule has 0 unspecified atom stereocenters. The molecule has 4 N–H and O–H groups in total. The van der Waals surface area contributed by atoms with Crippen LogP contribution in [0.2, 0.25) is 0 Å². The van der Waals surface area contributed by atoms with Crippen molar-refractivity contribution in [2.24, 2.45) is 10.9 Å². The maximum atomic E-state index is 13.0. The number of aromatic nitrogens is 7. The highest BCUT2D eigenvalue weighted by Gasteiger charge is 2.12. The third-order valence-electron chi connectivity index (χ3n) is 9.09. The van der Waals surface area contributed by atoms with Gasteiger partial charge in [0.25, 0.3) is 18.3 Å². The molecule has 9 rings (SSSR count). The molecular formula is C51H45FN10O6. The number of hydrogen-bond acceptors (Lipinski definition) is 15. The predicted molar refractivity (Wildman–Crippen MR) is 252 cm³/mol. The average molecular weight is 912 g/mol. The highest BCUT2D eigenvalue weighted by Crippen LogP contribution is 2.24. The summed E-state index contributed by atoms with van der Waals surface area (Å²) >= 11 is 0. The second kappa shape index (κ2) is 25.2. The Kier molecular flexibility index (Phi) is 18.3. The van der Waals surface area contributed by atoms with Crippen LogP contribution < -0.4 is 10.5 Å². The van der Waals surface area contributed by atoms with E-state index in [2.05, 4.69) is 51.2 Å². The minimum absolute atomic E-state index is 0.144. The summed E-state index contributed by atoms with van der Waals surface area (Å²) in [4.78, 5) is 30.0. The molecule has 0 amide bonds. The SMILES string of the molecule is Cc1cc(OC=O)ccn1.Cc1ccc(-c2noc(-c3ccnc(C)c3)n2)cc1.Cc1ccc(/C(N)=N/O)cc1.Cc1ccc(C#N)cc1.Oc1ccc(-c2noc(-c3ccnc([18F])c3)n2)cc1. The van der Waals surface area contributed by atoms with Crippen LogP contribution in [-0.2, 0) is 4.79 Å².